The third kappa shape index (κ3) is 57.5. The van der Waals surface area contributed by atoms with E-state index in [1.54, 1.807) is 6.21 Å². The van der Waals surface area contributed by atoms with Crippen LogP contribution in [-0.2, 0) is 91.9 Å². The van der Waals surface area contributed by atoms with Gasteiger partial charge in [-0.3, -0.25) is 4.79 Å². The first kappa shape index (κ1) is 42.8. The molecule has 0 fully saturated rings. The van der Waals surface area contributed by atoms with E-state index < -0.39 is 0 Å². The Hall–Kier alpha value is 0.723. The number of nitrogens with zero attached hydrogens (tertiary/aromatic N) is 1. The average molecular weight is 683 g/mol. The molecule has 5 N–H and O–H groups in total. The number of carbonyl (C=O) groups is 1. The molecule has 0 spiro atoms. The van der Waals surface area contributed by atoms with Crippen molar-refractivity contribution in [1.29, 1.82) is 0 Å². The third-order valence-corrected chi connectivity index (χ3v) is 3.37. The Balaban J connectivity index is -0.000000110. The number of thiocarbonyl (C=S) groups is 4. The summed E-state index contributed by atoms with van der Waals surface area (Å²) >= 11 is 36.7. The minimum atomic E-state index is -0.125. The van der Waals surface area contributed by atoms with Crippen LogP contribution in [0.25, 0.3) is 0 Å². The predicted octanol–water partition coefficient (Wildman–Crippen LogP) is 0.808. The number of hydrogen-bond acceptors (Lipinski definition) is 10. The second kappa shape index (κ2) is 31.7. The normalized spacial score (nSPS) is 8.62. The van der Waals surface area contributed by atoms with Gasteiger partial charge in [-0.1, -0.05) is 31.1 Å². The maximum absolute atomic E-state index is 10.3. The monoisotopic (exact) mass is 681 g/mol. The van der Waals surface area contributed by atoms with Gasteiger partial charge in [0.25, 0.3) is 0 Å². The van der Waals surface area contributed by atoms with Crippen LogP contribution < -0.4 is 26.7 Å². The van der Waals surface area contributed by atoms with Crippen LogP contribution >= 0.6 is 48.9 Å². The zero-order chi connectivity index (χ0) is 23.9. The Labute approximate surface area is 258 Å². The van der Waals surface area contributed by atoms with Gasteiger partial charge in [0.1, 0.15) is 0 Å². The molecule has 1 radical (unpaired) electrons. The molecule has 0 aliphatic carbocycles. The minimum absolute atomic E-state index is 0. The van der Waals surface area contributed by atoms with E-state index in [1.807, 2.05) is 0 Å². The summed E-state index contributed by atoms with van der Waals surface area (Å²) in [7, 11) is 0. The number of amides is 1. The third-order valence-electron chi connectivity index (χ3n) is 2.22. The van der Waals surface area contributed by atoms with Gasteiger partial charge in [-0.05, 0) is 12.3 Å². The Morgan fingerprint density at radius 1 is 0.812 bits per heavy atom. The number of hydrogen-bond donors (Lipinski definition) is 5. The van der Waals surface area contributed by atoms with Crippen molar-refractivity contribution in [2.45, 2.75) is 27.2 Å². The first-order valence-electron chi connectivity index (χ1n) is 8.45. The Bertz CT molecular complexity index is 508. The van der Waals surface area contributed by atoms with Gasteiger partial charge in [0, 0.05) is 39.3 Å². The summed E-state index contributed by atoms with van der Waals surface area (Å²) < 4.78 is 1.49. The Kier molecular flexibility index (Phi) is 42.5. The van der Waals surface area contributed by atoms with Crippen LogP contribution in [0.15, 0.2) is 5.10 Å². The van der Waals surface area contributed by atoms with Crippen molar-refractivity contribution in [2.24, 2.45) is 11.0 Å². The maximum atomic E-state index is 10.3. The fraction of sp³-hybridized carbons (Fsp3) is 0.600. The largest absolute Gasteiger partial charge is 2.00 e. The first-order valence-corrected chi connectivity index (χ1v) is 11.7. The fourth-order valence-electron chi connectivity index (χ4n) is 1.06. The molecule has 0 atom stereocenters. The molecule has 0 heterocycles. The maximum Gasteiger partial charge on any atom is 2.00 e. The van der Waals surface area contributed by atoms with E-state index in [0.29, 0.717) is 49.4 Å². The molecule has 0 saturated carbocycles. The van der Waals surface area contributed by atoms with Crippen molar-refractivity contribution in [1.82, 2.24) is 26.7 Å². The Morgan fingerprint density at radius 2 is 1.09 bits per heavy atom. The molecular formula is C15H26MnN6OS8Zn. The fourth-order valence-corrected chi connectivity index (χ4v) is 1.87. The van der Waals surface area contributed by atoms with Crippen LogP contribution in [0.1, 0.15) is 27.2 Å². The molecular weight excluding hydrogens is 657 g/mol. The van der Waals surface area contributed by atoms with Crippen molar-refractivity contribution in [3.63, 3.8) is 0 Å². The molecule has 7 nitrogen and oxygen atoms in total. The molecule has 0 aromatic carbocycles. The molecule has 0 aliphatic heterocycles. The van der Waals surface area contributed by atoms with Crippen LogP contribution in [0, 0.1) is 5.92 Å². The summed E-state index contributed by atoms with van der Waals surface area (Å²) in [5.74, 6) is 0.470. The van der Waals surface area contributed by atoms with E-state index in [-0.39, 0.29) is 42.5 Å². The molecule has 0 rings (SSSR count). The van der Waals surface area contributed by atoms with Gasteiger partial charge in [0.05, 0.1) is 0 Å². The van der Waals surface area contributed by atoms with E-state index in [1.165, 1.54) is 6.92 Å². The van der Waals surface area contributed by atoms with Gasteiger partial charge in [0.15, 0.2) is 0 Å². The van der Waals surface area contributed by atoms with Crippen molar-refractivity contribution in [2.75, 3.05) is 26.2 Å². The number of rotatable bonds is 9. The topological polar surface area (TPSA) is 89.6 Å². The predicted molar refractivity (Wildman–Crippen MR) is 154 cm³/mol. The standard InChI is InChI=1S/C7H14N2O.2C4H8N2S4.Mn.Zn/c1-6(2)4-5-8-9-7(3)10;2*7-3(8)5-1-2-6-4(9)10;;/h5-6H,4H2,1-3H3,(H,9,10);2*1-2H2,(H2,5,7,8)(H2,6,9,10);;/q;;;2*+2/p-4/b8-5+;;;;. The second-order valence-electron chi connectivity index (χ2n) is 5.47. The molecule has 0 saturated heterocycles. The number of carbonyl (C=O) groups excluding carboxylic acids is 1. The summed E-state index contributed by atoms with van der Waals surface area (Å²) in [6, 6.07) is 0. The average Bonchev–Trinajstić information content (AvgIpc) is 2.60. The molecule has 17 heteroatoms. The smallest absolute Gasteiger partial charge is 0.412 e. The van der Waals surface area contributed by atoms with Gasteiger partial charge in [-0.2, -0.15) is 5.10 Å². The number of nitrogens with one attached hydrogen (secondary N) is 5. The summed E-state index contributed by atoms with van der Waals surface area (Å²) in [6.45, 7) is 8.29. The summed E-state index contributed by atoms with van der Waals surface area (Å²) in [6.07, 6.45) is 2.62. The minimum Gasteiger partial charge on any atom is -0.412 e. The SMILES string of the molecule is CC(=O)N/N=C/CC(C)C.S=C([S-])NCCNC(=S)[S-].S=C([S-])NCCNC(=S)[S-].[Mn+2].[Zn+2]. The molecule has 1 amide bonds. The van der Waals surface area contributed by atoms with E-state index >= 15 is 0 Å². The van der Waals surface area contributed by atoms with Gasteiger partial charge in [0.2, 0.25) is 5.91 Å². The van der Waals surface area contributed by atoms with Gasteiger partial charge < -0.3 is 121 Å². The zero-order valence-electron chi connectivity index (χ0n) is 17.9. The molecule has 179 valence electrons. The van der Waals surface area contributed by atoms with Crippen LogP contribution in [0.3, 0.4) is 0 Å². The van der Waals surface area contributed by atoms with Gasteiger partial charge in [-0.15, -0.1) is 0 Å². The first-order chi connectivity index (χ1) is 13.9. The molecule has 0 unspecified atom stereocenters. The van der Waals surface area contributed by atoms with Crippen LogP contribution in [0.4, 0.5) is 0 Å². The molecule has 0 bridgehead atoms. The van der Waals surface area contributed by atoms with Crippen LogP contribution in [0.5, 0.6) is 0 Å². The van der Waals surface area contributed by atoms with Crippen molar-refractivity contribution < 1.29 is 41.3 Å². The van der Waals surface area contributed by atoms with Crippen LogP contribution in [0.2, 0.25) is 0 Å². The Morgan fingerprint density at radius 3 is 1.28 bits per heavy atom. The quantitative estimate of drug-likeness (QED) is 0.0595. The molecule has 32 heavy (non-hydrogen) atoms. The summed E-state index contributed by atoms with van der Waals surface area (Å²) in [5, 5.41) is 14.8. The molecule has 0 aliphatic rings. The van der Waals surface area contributed by atoms with Crippen molar-refractivity contribution >= 4 is 129 Å². The van der Waals surface area contributed by atoms with Gasteiger partial charge in [-0.25, -0.2) is 5.43 Å². The van der Waals surface area contributed by atoms with Crippen LogP contribution in [-0.4, -0.2) is 55.6 Å². The summed E-state index contributed by atoms with van der Waals surface area (Å²) in [4.78, 5) is 10.3. The second-order valence-corrected chi connectivity index (χ2v) is 9.77. The molecule has 0 aromatic rings. The molecule has 0 aromatic heterocycles. The van der Waals surface area contributed by atoms with E-state index in [9.17, 15) is 4.79 Å². The summed E-state index contributed by atoms with van der Waals surface area (Å²) in [5.41, 5.74) is 2.33. The number of hydrazone groups is 1. The van der Waals surface area contributed by atoms with Crippen molar-refractivity contribution in [3.8, 4) is 0 Å². The van der Waals surface area contributed by atoms with E-state index in [4.69, 9.17) is 0 Å². The van der Waals surface area contributed by atoms with Crippen molar-refractivity contribution in [3.05, 3.63) is 0 Å². The van der Waals surface area contributed by atoms with E-state index in [0.717, 1.165) is 6.42 Å². The van der Waals surface area contributed by atoms with Gasteiger partial charge >= 0.3 is 36.5 Å². The zero-order valence-corrected chi connectivity index (χ0v) is 28.6. The van der Waals surface area contributed by atoms with E-state index in [2.05, 4.69) is 145 Å².